The minimum absolute atomic E-state index is 0.241. The minimum atomic E-state index is -2.91. The van der Waals surface area contributed by atoms with Gasteiger partial charge in [0.15, 0.2) is 0 Å². The fourth-order valence-corrected chi connectivity index (χ4v) is 1.69. The zero-order valence-corrected chi connectivity index (χ0v) is 8.00. The molecule has 0 aliphatic rings. The monoisotopic (exact) mass is 214 g/mol. The number of hydrogen-bond donors (Lipinski definition) is 0. The van der Waals surface area contributed by atoms with Gasteiger partial charge >= 0.3 is 0 Å². The normalized spacial score (nSPS) is 12.4. The fourth-order valence-electron chi connectivity index (χ4n) is 0.376. The highest BCUT2D eigenvalue weighted by Crippen LogP contribution is 2.07. The van der Waals surface area contributed by atoms with Crippen molar-refractivity contribution >= 4 is 23.1 Å². The molecule has 0 aromatic heterocycles. The van der Waals surface area contributed by atoms with Gasteiger partial charge in [0.05, 0.1) is 20.6 Å². The topological polar surface area (TPSA) is 34.1 Å². The van der Waals surface area contributed by atoms with Crippen molar-refractivity contribution in [2.24, 2.45) is 5.92 Å². The van der Waals surface area contributed by atoms with Crippen LogP contribution in [0.5, 0.6) is 0 Å². The van der Waals surface area contributed by atoms with E-state index in [9.17, 15) is 8.42 Å². The summed E-state index contributed by atoms with van der Waals surface area (Å²) in [6, 6.07) is 0. The summed E-state index contributed by atoms with van der Waals surface area (Å²) in [5.41, 5.74) is 0. The van der Waals surface area contributed by atoms with Gasteiger partial charge in [-0.25, -0.2) is 8.42 Å². The van der Waals surface area contributed by atoms with Gasteiger partial charge < -0.3 is 0 Å². The molecule has 0 saturated heterocycles. The maximum Gasteiger partial charge on any atom is 0.209 e. The third-order valence-electron chi connectivity index (χ3n) is 0.939. The lowest BCUT2D eigenvalue weighted by Gasteiger charge is -1.99. The predicted molar refractivity (Wildman–Crippen MR) is 42.2 cm³/mol. The second-order valence-electron chi connectivity index (χ2n) is 2.43. The number of hydrogen-bond acceptors (Lipinski definition) is 2. The molecule has 9 heavy (non-hydrogen) atoms. The van der Waals surface area contributed by atoms with Crippen LogP contribution in [0.15, 0.2) is 0 Å². The van der Waals surface area contributed by atoms with E-state index in [1.807, 2.05) is 13.8 Å². The lowest BCUT2D eigenvalue weighted by atomic mass is 10.2. The molecule has 0 spiro atoms. The zero-order chi connectivity index (χ0) is 7.49. The Balaban J connectivity index is 3.53. The molecule has 0 unspecified atom stereocenters. The van der Waals surface area contributed by atoms with Gasteiger partial charge in [0.2, 0.25) is 8.27 Å². The summed E-state index contributed by atoms with van der Waals surface area (Å²) in [5.74, 6) is 0.697. The van der Waals surface area contributed by atoms with E-state index in [2.05, 4.69) is 14.8 Å². The first-order valence-electron chi connectivity index (χ1n) is 2.84. The van der Waals surface area contributed by atoms with Crippen LogP contribution in [0.3, 0.4) is 0 Å². The Hall–Kier alpha value is 0.430. The van der Waals surface area contributed by atoms with E-state index in [0.717, 1.165) is 6.42 Å². The minimum Gasteiger partial charge on any atom is -0.217 e. The average molecular weight is 215 g/mol. The van der Waals surface area contributed by atoms with Crippen LogP contribution in [0.4, 0.5) is 0 Å². The highest BCUT2D eigenvalue weighted by Gasteiger charge is 2.04. The predicted octanol–water partition coefficient (Wildman–Crippen LogP) is 1.76. The van der Waals surface area contributed by atoms with Crippen molar-refractivity contribution in [2.75, 3.05) is 5.75 Å². The van der Waals surface area contributed by atoms with E-state index in [1.165, 1.54) is 0 Å². The van der Waals surface area contributed by atoms with Crippen LogP contribution in [0.1, 0.15) is 20.3 Å². The molecule has 0 rings (SSSR count). The van der Waals surface area contributed by atoms with Crippen LogP contribution in [0, 0.1) is 5.92 Å². The van der Waals surface area contributed by atoms with Crippen LogP contribution >= 0.6 is 14.8 Å². The molecule has 0 aliphatic heterocycles. The van der Waals surface area contributed by atoms with Crippen molar-refractivity contribution in [3.63, 3.8) is 0 Å². The van der Waals surface area contributed by atoms with Crippen LogP contribution < -0.4 is 0 Å². The Morgan fingerprint density at radius 2 is 1.89 bits per heavy atom. The third-order valence-corrected chi connectivity index (χ3v) is 2.63. The molecular formula is C5H11BrO2S. The van der Waals surface area contributed by atoms with Crippen LogP contribution in [0.2, 0.25) is 0 Å². The van der Waals surface area contributed by atoms with Gasteiger partial charge in [0.25, 0.3) is 0 Å². The molecule has 0 atom stereocenters. The van der Waals surface area contributed by atoms with E-state index in [-0.39, 0.29) is 5.75 Å². The molecule has 4 heteroatoms. The van der Waals surface area contributed by atoms with Gasteiger partial charge in [-0.1, -0.05) is 13.8 Å². The van der Waals surface area contributed by atoms with Crippen molar-refractivity contribution in [1.29, 1.82) is 0 Å². The van der Waals surface area contributed by atoms with Crippen molar-refractivity contribution < 1.29 is 8.42 Å². The SMILES string of the molecule is CC(C)CCS(=O)(=O)Br. The maximum absolute atomic E-state index is 10.5. The van der Waals surface area contributed by atoms with Crippen molar-refractivity contribution in [1.82, 2.24) is 0 Å². The zero-order valence-electron chi connectivity index (χ0n) is 5.59. The lowest BCUT2D eigenvalue weighted by Crippen LogP contribution is -2.00. The summed E-state index contributed by atoms with van der Waals surface area (Å²) in [4.78, 5) is 0. The third kappa shape index (κ3) is 8.43. The molecule has 0 aromatic carbocycles. The summed E-state index contributed by atoms with van der Waals surface area (Å²) < 4.78 is 20.9. The highest BCUT2D eigenvalue weighted by atomic mass is 79.9. The quantitative estimate of drug-likeness (QED) is 0.672. The van der Waals surface area contributed by atoms with Crippen LogP contribution in [0.25, 0.3) is 0 Å². The van der Waals surface area contributed by atoms with E-state index in [4.69, 9.17) is 0 Å². The van der Waals surface area contributed by atoms with Crippen molar-refractivity contribution in [2.45, 2.75) is 20.3 Å². The Morgan fingerprint density at radius 3 is 2.00 bits per heavy atom. The molecule has 0 bridgehead atoms. The first kappa shape index (κ1) is 9.43. The summed E-state index contributed by atoms with van der Waals surface area (Å²) in [7, 11) is -2.91. The van der Waals surface area contributed by atoms with Gasteiger partial charge in [-0.15, -0.1) is 0 Å². The smallest absolute Gasteiger partial charge is 0.209 e. The summed E-state index contributed by atoms with van der Waals surface area (Å²) >= 11 is 2.58. The molecule has 56 valence electrons. The van der Waals surface area contributed by atoms with Gasteiger partial charge in [-0.2, -0.15) is 0 Å². The molecule has 0 N–H and O–H groups in total. The molecule has 0 aliphatic carbocycles. The molecular weight excluding hydrogens is 204 g/mol. The molecule has 2 nitrogen and oxygen atoms in total. The van der Waals surface area contributed by atoms with Gasteiger partial charge in [-0.3, -0.25) is 0 Å². The Morgan fingerprint density at radius 1 is 1.44 bits per heavy atom. The first-order valence-corrected chi connectivity index (χ1v) is 6.33. The van der Waals surface area contributed by atoms with Crippen LogP contribution in [-0.2, 0) is 8.27 Å². The summed E-state index contributed by atoms with van der Waals surface area (Å²) in [6.45, 7) is 4.00. The Labute approximate surface area is 63.8 Å². The second-order valence-corrected chi connectivity index (χ2v) is 6.87. The molecule has 0 saturated carbocycles. The first-order chi connectivity index (χ1) is 3.92. The van der Waals surface area contributed by atoms with E-state index >= 15 is 0 Å². The lowest BCUT2D eigenvalue weighted by molar-refractivity contribution is 0.586. The highest BCUT2D eigenvalue weighted by molar-refractivity contribution is 9.47. The second kappa shape index (κ2) is 3.56. The van der Waals surface area contributed by atoms with Gasteiger partial charge in [-0.05, 0) is 12.3 Å². The molecule has 0 heterocycles. The number of rotatable bonds is 3. The Bertz CT molecular complexity index is 160. The summed E-state index contributed by atoms with van der Waals surface area (Å²) in [5, 5.41) is 0. The van der Waals surface area contributed by atoms with Crippen LogP contribution in [-0.4, -0.2) is 14.2 Å². The fraction of sp³-hybridized carbons (Fsp3) is 1.00. The standard InChI is InChI=1S/C5H11BrO2S/c1-5(2)3-4-9(6,7)8/h5H,3-4H2,1-2H3. The maximum atomic E-state index is 10.5. The van der Waals surface area contributed by atoms with Gasteiger partial charge in [0.1, 0.15) is 0 Å². The Kier molecular flexibility index (Phi) is 3.73. The molecule has 0 radical (unpaired) electrons. The van der Waals surface area contributed by atoms with Crippen molar-refractivity contribution in [3.8, 4) is 0 Å². The van der Waals surface area contributed by atoms with E-state index in [1.54, 1.807) is 0 Å². The molecule has 0 aromatic rings. The van der Waals surface area contributed by atoms with E-state index < -0.39 is 8.27 Å². The number of halogens is 1. The summed E-state index contributed by atoms with van der Waals surface area (Å²) in [6.07, 6.45) is 0.730. The molecule has 0 fully saturated rings. The molecule has 0 amide bonds. The van der Waals surface area contributed by atoms with Gasteiger partial charge in [0, 0.05) is 0 Å². The largest absolute Gasteiger partial charge is 0.217 e. The van der Waals surface area contributed by atoms with Crippen molar-refractivity contribution in [3.05, 3.63) is 0 Å². The van der Waals surface area contributed by atoms with E-state index in [0.29, 0.717) is 5.92 Å². The average Bonchev–Trinajstić information content (AvgIpc) is 1.59.